The molecule has 0 spiro atoms. The summed E-state index contributed by atoms with van der Waals surface area (Å²) < 4.78 is 44.3. The van der Waals surface area contributed by atoms with Crippen LogP contribution >= 0.6 is 0 Å². The van der Waals surface area contributed by atoms with Crippen LogP contribution in [0.15, 0.2) is 72.9 Å². The zero-order chi connectivity index (χ0) is 24.1. The third kappa shape index (κ3) is 5.15. The Labute approximate surface area is 194 Å². The van der Waals surface area contributed by atoms with Crippen LogP contribution in [0.2, 0.25) is 0 Å². The molecule has 0 radical (unpaired) electrons. The van der Waals surface area contributed by atoms with Crippen LogP contribution in [0.25, 0.3) is 5.69 Å². The van der Waals surface area contributed by atoms with E-state index in [1.807, 2.05) is 0 Å². The van der Waals surface area contributed by atoms with Gasteiger partial charge in [0.15, 0.2) is 22.9 Å². The number of hydrogen-bond acceptors (Lipinski definition) is 5. The first-order chi connectivity index (χ1) is 16.5. The predicted molar refractivity (Wildman–Crippen MR) is 122 cm³/mol. The van der Waals surface area contributed by atoms with E-state index >= 15 is 0 Å². The fraction of sp³-hybridized carbons (Fsp3) is 0.120. The zero-order valence-corrected chi connectivity index (χ0v) is 18.4. The van der Waals surface area contributed by atoms with Crippen molar-refractivity contribution in [2.75, 3.05) is 19.5 Å². The van der Waals surface area contributed by atoms with Gasteiger partial charge in [0.1, 0.15) is 18.2 Å². The van der Waals surface area contributed by atoms with Crippen molar-refractivity contribution >= 4 is 11.6 Å². The lowest BCUT2D eigenvalue weighted by Crippen LogP contribution is -2.14. The Morgan fingerprint density at radius 2 is 1.53 bits per heavy atom. The highest BCUT2D eigenvalue weighted by molar-refractivity contribution is 6.04. The van der Waals surface area contributed by atoms with Gasteiger partial charge in [-0.25, -0.2) is 13.5 Å². The van der Waals surface area contributed by atoms with Crippen molar-refractivity contribution in [1.82, 2.24) is 9.78 Å². The van der Waals surface area contributed by atoms with Gasteiger partial charge in [0.2, 0.25) is 0 Å². The van der Waals surface area contributed by atoms with Gasteiger partial charge in [0.25, 0.3) is 5.91 Å². The number of aromatic nitrogens is 2. The number of ether oxygens (including phenoxy) is 3. The molecule has 0 saturated carbocycles. The summed E-state index contributed by atoms with van der Waals surface area (Å²) in [5, 5.41) is 7.11. The lowest BCUT2D eigenvalue weighted by molar-refractivity contribution is 0.101. The molecule has 1 N–H and O–H groups in total. The predicted octanol–water partition coefficient (Wildman–Crippen LogP) is 5.00. The van der Waals surface area contributed by atoms with Gasteiger partial charge in [0, 0.05) is 11.8 Å². The number of halogens is 2. The first kappa shape index (κ1) is 22.8. The Morgan fingerprint density at radius 1 is 0.882 bits per heavy atom. The van der Waals surface area contributed by atoms with E-state index in [1.54, 1.807) is 30.3 Å². The van der Waals surface area contributed by atoms with Gasteiger partial charge in [-0.15, -0.1) is 0 Å². The smallest absolute Gasteiger partial charge is 0.280 e. The average molecular weight is 465 g/mol. The fourth-order valence-electron chi connectivity index (χ4n) is 3.19. The molecule has 0 fully saturated rings. The van der Waals surface area contributed by atoms with Gasteiger partial charge in [-0.1, -0.05) is 12.1 Å². The molecular formula is C25H21F2N3O4. The minimum Gasteiger partial charge on any atom is -0.493 e. The SMILES string of the molecule is COc1ccc(NC(=O)c2nn(-c3ccc(F)cc3)cc2OCc2ccc(F)cc2)cc1OC. The molecule has 4 aromatic rings. The summed E-state index contributed by atoms with van der Waals surface area (Å²) >= 11 is 0. The Hall–Kier alpha value is -4.40. The molecule has 7 nitrogen and oxygen atoms in total. The topological polar surface area (TPSA) is 74.6 Å². The Bertz CT molecular complexity index is 1290. The Morgan fingerprint density at radius 3 is 2.18 bits per heavy atom. The standard InChI is InChI=1S/C25H21F2N3O4/c1-32-21-12-9-19(13-22(21)33-2)28-25(31)24-23(34-15-16-3-5-17(26)6-4-16)14-30(29-24)20-10-7-18(27)8-11-20/h3-14H,15H2,1-2H3,(H,28,31). The van der Waals surface area contributed by atoms with Crippen LogP contribution in [0, 0.1) is 11.6 Å². The van der Waals surface area contributed by atoms with Gasteiger partial charge < -0.3 is 19.5 Å². The van der Waals surface area contributed by atoms with Crippen molar-refractivity contribution in [3.05, 3.63) is 95.8 Å². The second-order valence-corrected chi connectivity index (χ2v) is 7.20. The molecule has 0 bridgehead atoms. The molecule has 1 aromatic heterocycles. The van der Waals surface area contributed by atoms with E-state index < -0.39 is 11.7 Å². The number of nitrogens with one attached hydrogen (secondary N) is 1. The van der Waals surface area contributed by atoms with Crippen molar-refractivity contribution in [1.29, 1.82) is 0 Å². The number of methoxy groups -OCH3 is 2. The Balaban J connectivity index is 1.62. The van der Waals surface area contributed by atoms with Gasteiger partial charge in [-0.05, 0) is 54.1 Å². The van der Waals surface area contributed by atoms with E-state index in [1.165, 1.54) is 61.5 Å². The molecule has 0 atom stereocenters. The van der Waals surface area contributed by atoms with Crippen LogP contribution in [0.3, 0.4) is 0 Å². The maximum absolute atomic E-state index is 13.3. The van der Waals surface area contributed by atoms with Crippen molar-refractivity contribution < 1.29 is 27.8 Å². The molecule has 0 unspecified atom stereocenters. The monoisotopic (exact) mass is 465 g/mol. The van der Waals surface area contributed by atoms with E-state index in [4.69, 9.17) is 14.2 Å². The highest BCUT2D eigenvalue weighted by Crippen LogP contribution is 2.30. The van der Waals surface area contributed by atoms with Crippen LogP contribution in [0.5, 0.6) is 17.2 Å². The van der Waals surface area contributed by atoms with Crippen LogP contribution in [0.4, 0.5) is 14.5 Å². The number of rotatable bonds is 8. The molecule has 9 heteroatoms. The van der Waals surface area contributed by atoms with E-state index in [0.717, 1.165) is 0 Å². The largest absolute Gasteiger partial charge is 0.493 e. The molecule has 0 aliphatic carbocycles. The van der Waals surface area contributed by atoms with Crippen molar-refractivity contribution in [3.63, 3.8) is 0 Å². The summed E-state index contributed by atoms with van der Waals surface area (Å²) in [6.07, 6.45) is 1.53. The lowest BCUT2D eigenvalue weighted by Gasteiger charge is -2.10. The van der Waals surface area contributed by atoms with E-state index in [9.17, 15) is 13.6 Å². The molecule has 1 heterocycles. The summed E-state index contributed by atoms with van der Waals surface area (Å²) in [5.74, 6) is -0.110. The quantitative estimate of drug-likeness (QED) is 0.397. The molecule has 174 valence electrons. The van der Waals surface area contributed by atoms with E-state index in [-0.39, 0.29) is 23.9 Å². The molecule has 3 aromatic carbocycles. The number of nitrogens with zero attached hydrogens (tertiary/aromatic N) is 2. The van der Waals surface area contributed by atoms with Crippen molar-refractivity contribution in [2.45, 2.75) is 6.61 Å². The first-order valence-corrected chi connectivity index (χ1v) is 10.2. The highest BCUT2D eigenvalue weighted by Gasteiger charge is 2.20. The summed E-state index contributed by atoms with van der Waals surface area (Å²) in [6.45, 7) is 0.0893. The van der Waals surface area contributed by atoms with Crippen LogP contribution in [-0.2, 0) is 6.61 Å². The maximum Gasteiger partial charge on any atom is 0.280 e. The number of hydrogen-bond donors (Lipinski definition) is 1. The summed E-state index contributed by atoms with van der Waals surface area (Å²) in [4.78, 5) is 13.1. The number of anilines is 1. The highest BCUT2D eigenvalue weighted by atomic mass is 19.1. The number of carbonyl (C=O) groups is 1. The second-order valence-electron chi connectivity index (χ2n) is 7.20. The molecule has 34 heavy (non-hydrogen) atoms. The molecule has 0 saturated heterocycles. The van der Waals surface area contributed by atoms with Gasteiger partial charge in [0.05, 0.1) is 26.1 Å². The van der Waals surface area contributed by atoms with Crippen LogP contribution < -0.4 is 19.5 Å². The summed E-state index contributed by atoms with van der Waals surface area (Å²) in [7, 11) is 3.01. The summed E-state index contributed by atoms with van der Waals surface area (Å²) in [6, 6.07) is 16.4. The normalized spacial score (nSPS) is 10.6. The average Bonchev–Trinajstić information content (AvgIpc) is 3.28. The second kappa shape index (κ2) is 10.0. The van der Waals surface area contributed by atoms with E-state index in [2.05, 4.69) is 10.4 Å². The molecular weight excluding hydrogens is 444 g/mol. The van der Waals surface area contributed by atoms with Gasteiger partial charge >= 0.3 is 0 Å². The minimum absolute atomic E-state index is 0.0150. The minimum atomic E-state index is -0.526. The van der Waals surface area contributed by atoms with Crippen molar-refractivity contribution in [2.24, 2.45) is 0 Å². The van der Waals surface area contributed by atoms with E-state index in [0.29, 0.717) is 28.4 Å². The maximum atomic E-state index is 13.3. The third-order valence-electron chi connectivity index (χ3n) is 4.94. The first-order valence-electron chi connectivity index (χ1n) is 10.2. The number of carbonyl (C=O) groups excluding carboxylic acids is 1. The third-order valence-corrected chi connectivity index (χ3v) is 4.94. The molecule has 1 amide bonds. The molecule has 0 aliphatic heterocycles. The Kier molecular flexibility index (Phi) is 6.72. The van der Waals surface area contributed by atoms with Crippen LogP contribution in [-0.4, -0.2) is 29.9 Å². The molecule has 4 rings (SSSR count). The van der Waals surface area contributed by atoms with Crippen molar-refractivity contribution in [3.8, 4) is 22.9 Å². The molecule has 0 aliphatic rings. The van der Waals surface area contributed by atoms with Crippen LogP contribution in [0.1, 0.15) is 16.1 Å². The lowest BCUT2D eigenvalue weighted by atomic mass is 10.2. The van der Waals surface area contributed by atoms with Gasteiger partial charge in [-0.3, -0.25) is 4.79 Å². The van der Waals surface area contributed by atoms with Gasteiger partial charge in [-0.2, -0.15) is 5.10 Å². The number of amides is 1. The fourth-order valence-corrected chi connectivity index (χ4v) is 3.19. The summed E-state index contributed by atoms with van der Waals surface area (Å²) in [5.41, 5.74) is 1.73. The number of benzene rings is 3. The zero-order valence-electron chi connectivity index (χ0n) is 18.4.